The minimum Gasteiger partial charge on any atom is -0.159 e. The monoisotopic (exact) mass is 318 g/mol. The molecular weight excluding hydrogens is 277 g/mol. The molecule has 3 nitrogen and oxygen atoms in total. The van der Waals surface area contributed by atoms with E-state index in [0.29, 0.717) is 18.1 Å². The lowest BCUT2D eigenvalue weighted by Crippen LogP contribution is -2.48. The van der Waals surface area contributed by atoms with Gasteiger partial charge in [-0.15, -0.1) is 0 Å². The molecule has 0 amide bonds. The van der Waals surface area contributed by atoms with Gasteiger partial charge in [0.25, 0.3) is 0 Å². The zero-order valence-corrected chi connectivity index (χ0v) is 16.5. The van der Waals surface area contributed by atoms with Crippen LogP contribution in [0.1, 0.15) is 87.0 Å². The first-order chi connectivity index (χ1) is 9.92. The van der Waals surface area contributed by atoms with Crippen molar-refractivity contribution < 1.29 is 0 Å². The van der Waals surface area contributed by atoms with E-state index < -0.39 is 7.71 Å². The molecule has 3 N–H and O–H groups in total. The molecule has 0 fully saturated rings. The van der Waals surface area contributed by atoms with Crippen LogP contribution in [0.25, 0.3) is 0 Å². The summed E-state index contributed by atoms with van der Waals surface area (Å²) in [6.45, 7) is 16.1. The smallest absolute Gasteiger partial charge is 0.159 e. The summed E-state index contributed by atoms with van der Waals surface area (Å²) in [7, 11) is -1.48. The molecule has 0 aromatic rings. The van der Waals surface area contributed by atoms with Gasteiger partial charge in [0.2, 0.25) is 7.71 Å². The Labute approximate surface area is 134 Å². The van der Waals surface area contributed by atoms with Crippen LogP contribution >= 0.6 is 7.71 Å². The first-order valence-corrected chi connectivity index (χ1v) is 11.1. The second-order valence-corrected chi connectivity index (χ2v) is 9.61. The zero-order valence-electron chi connectivity index (χ0n) is 15.6. The Kier molecular flexibility index (Phi) is 12.0. The van der Waals surface area contributed by atoms with Crippen LogP contribution in [0.15, 0.2) is 0 Å². The molecule has 0 aromatic heterocycles. The third-order valence-electron chi connectivity index (χ3n) is 3.96. The number of nitrogens with one attached hydrogen (secondary N) is 3. The van der Waals surface area contributed by atoms with Gasteiger partial charge in [-0.05, 0) is 47.0 Å². The molecule has 0 bridgehead atoms. The van der Waals surface area contributed by atoms with Crippen molar-refractivity contribution in [1.82, 2.24) is 15.3 Å². The summed E-state index contributed by atoms with van der Waals surface area (Å²) >= 11 is 0. The van der Waals surface area contributed by atoms with Crippen molar-refractivity contribution >= 4 is 7.71 Å². The molecule has 0 aromatic carbocycles. The van der Waals surface area contributed by atoms with Crippen LogP contribution in [0, 0.1) is 0 Å². The summed E-state index contributed by atoms with van der Waals surface area (Å²) in [5.41, 5.74) is 0. The van der Waals surface area contributed by atoms with Crippen LogP contribution in [0.4, 0.5) is 0 Å². The van der Waals surface area contributed by atoms with E-state index in [-0.39, 0.29) is 0 Å². The molecule has 0 radical (unpaired) electrons. The normalized spacial score (nSPS) is 19.0. The summed E-state index contributed by atoms with van der Waals surface area (Å²) < 4.78 is 0. The van der Waals surface area contributed by atoms with Crippen molar-refractivity contribution in [3.63, 3.8) is 0 Å². The Bertz CT molecular complexity index is 212. The van der Waals surface area contributed by atoms with Gasteiger partial charge in [0.05, 0.1) is 0 Å². The molecule has 21 heavy (non-hydrogen) atoms. The van der Waals surface area contributed by atoms with Gasteiger partial charge in [-0.1, -0.05) is 40.0 Å². The van der Waals surface area contributed by atoms with Crippen molar-refractivity contribution in [2.45, 2.75) is 105 Å². The highest BCUT2D eigenvalue weighted by Gasteiger charge is 2.40. The molecule has 0 aliphatic rings. The van der Waals surface area contributed by atoms with E-state index in [9.17, 15) is 0 Å². The van der Waals surface area contributed by atoms with E-state index in [0.717, 1.165) is 6.16 Å². The fourth-order valence-corrected chi connectivity index (χ4v) is 6.42. The third-order valence-corrected chi connectivity index (χ3v) is 7.56. The van der Waals surface area contributed by atoms with Crippen molar-refractivity contribution in [2.75, 3.05) is 6.16 Å². The van der Waals surface area contributed by atoms with Gasteiger partial charge in [-0.2, -0.15) is 15.3 Å². The Morgan fingerprint density at radius 3 is 1.10 bits per heavy atom. The largest absolute Gasteiger partial charge is 0.219 e. The fraction of sp³-hybridized carbons (Fsp3) is 1.00. The molecule has 0 spiro atoms. The quantitative estimate of drug-likeness (QED) is 0.413. The zero-order chi connectivity index (χ0) is 16.3. The number of hydrogen-bond acceptors (Lipinski definition) is 3. The lowest BCUT2D eigenvalue weighted by Gasteiger charge is -2.34. The minimum atomic E-state index is -1.48. The van der Waals surface area contributed by atoms with Crippen molar-refractivity contribution in [3.05, 3.63) is 0 Å². The highest BCUT2D eigenvalue weighted by atomic mass is 31.2. The minimum absolute atomic E-state index is 0.575. The first-order valence-electron chi connectivity index (χ1n) is 9.14. The Morgan fingerprint density at radius 2 is 0.905 bits per heavy atom. The van der Waals surface area contributed by atoms with Gasteiger partial charge in [-0.25, -0.2) is 0 Å². The van der Waals surface area contributed by atoms with E-state index in [2.05, 4.69) is 63.7 Å². The molecule has 0 rings (SSSR count). The van der Waals surface area contributed by atoms with Gasteiger partial charge < -0.3 is 0 Å². The predicted octanol–water partition coefficient (Wildman–Crippen LogP) is 5.10. The van der Waals surface area contributed by atoms with Gasteiger partial charge in [0.1, 0.15) is 6.16 Å². The van der Waals surface area contributed by atoms with Gasteiger partial charge >= 0.3 is 0 Å². The van der Waals surface area contributed by atoms with Crippen LogP contribution < -0.4 is 15.3 Å². The second-order valence-electron chi connectivity index (χ2n) is 6.58. The summed E-state index contributed by atoms with van der Waals surface area (Å²) in [5, 5.41) is 11.8. The van der Waals surface area contributed by atoms with Crippen molar-refractivity contribution in [3.8, 4) is 0 Å². The lowest BCUT2D eigenvalue weighted by molar-refractivity contribution is 0.542. The van der Waals surface area contributed by atoms with E-state index >= 15 is 0 Å². The summed E-state index contributed by atoms with van der Waals surface area (Å²) in [6.07, 6.45) is 8.62. The second kappa shape index (κ2) is 11.8. The highest BCUT2D eigenvalue weighted by Crippen LogP contribution is 2.48. The Morgan fingerprint density at radius 1 is 0.619 bits per heavy atom. The van der Waals surface area contributed by atoms with Gasteiger partial charge in [-0.3, -0.25) is 0 Å². The van der Waals surface area contributed by atoms with Crippen molar-refractivity contribution in [1.29, 1.82) is 0 Å². The number of rotatable bonds is 13. The molecule has 0 aliphatic carbocycles. The molecule has 0 aliphatic heterocycles. The molecule has 0 saturated heterocycles. The standard InChI is InChI=1S/C17H41N3P/c1-8-12-15(5)18-21(11-4,19-16(6)13-9-2)20-17(7)14-10-3/h15-20H,8-14H2,1-7H3/q+1. The van der Waals surface area contributed by atoms with E-state index in [1.165, 1.54) is 38.5 Å². The summed E-state index contributed by atoms with van der Waals surface area (Å²) in [6, 6.07) is 1.72. The topological polar surface area (TPSA) is 36.1 Å². The van der Waals surface area contributed by atoms with E-state index in [1.54, 1.807) is 0 Å². The van der Waals surface area contributed by atoms with Gasteiger partial charge in [0.15, 0.2) is 0 Å². The van der Waals surface area contributed by atoms with E-state index in [1.807, 2.05) is 0 Å². The highest BCUT2D eigenvalue weighted by molar-refractivity contribution is 7.70. The molecular formula is C17H41N3P+. The predicted molar refractivity (Wildman–Crippen MR) is 100.0 cm³/mol. The van der Waals surface area contributed by atoms with Crippen LogP contribution in [0.5, 0.6) is 0 Å². The Hall–Kier alpha value is 0.310. The molecule has 128 valence electrons. The molecule has 4 heteroatoms. The van der Waals surface area contributed by atoms with Crippen LogP contribution in [-0.4, -0.2) is 24.3 Å². The van der Waals surface area contributed by atoms with Crippen molar-refractivity contribution in [2.24, 2.45) is 0 Å². The molecule has 0 saturated carbocycles. The average molecular weight is 319 g/mol. The average Bonchev–Trinajstić information content (AvgIpc) is 2.39. The fourth-order valence-electron chi connectivity index (χ4n) is 3.01. The molecule has 0 heterocycles. The summed E-state index contributed by atoms with van der Waals surface area (Å²) in [4.78, 5) is 0. The SMILES string of the molecule is CCCC(C)N[P+](CC)(NC(C)CCC)NC(C)CCC. The summed E-state index contributed by atoms with van der Waals surface area (Å²) in [5.74, 6) is 0. The third kappa shape index (κ3) is 9.13. The Balaban J connectivity index is 4.89. The lowest BCUT2D eigenvalue weighted by atomic mass is 10.2. The maximum absolute atomic E-state index is 3.95. The van der Waals surface area contributed by atoms with Gasteiger partial charge in [0, 0.05) is 18.1 Å². The van der Waals surface area contributed by atoms with Crippen LogP contribution in [0.3, 0.4) is 0 Å². The number of hydrogen-bond donors (Lipinski definition) is 3. The first kappa shape index (κ1) is 21.3. The maximum atomic E-state index is 3.95. The van der Waals surface area contributed by atoms with Crippen LogP contribution in [-0.2, 0) is 0 Å². The maximum Gasteiger partial charge on any atom is 0.219 e. The molecule has 3 atom stereocenters. The van der Waals surface area contributed by atoms with Crippen LogP contribution in [0.2, 0.25) is 0 Å². The molecule has 3 unspecified atom stereocenters. The van der Waals surface area contributed by atoms with E-state index in [4.69, 9.17) is 0 Å².